The molecule has 0 atom stereocenters. The van der Waals surface area contributed by atoms with Crippen LogP contribution in [0.3, 0.4) is 0 Å². The lowest BCUT2D eigenvalue weighted by atomic mass is 9.83. The lowest BCUT2D eigenvalue weighted by Crippen LogP contribution is -2.49. The van der Waals surface area contributed by atoms with Gasteiger partial charge in [-0.2, -0.15) is 0 Å². The Morgan fingerprint density at radius 1 is 1.19 bits per heavy atom. The van der Waals surface area contributed by atoms with E-state index in [1.165, 1.54) is 0 Å². The van der Waals surface area contributed by atoms with E-state index in [2.05, 4.69) is 15.6 Å². The monoisotopic (exact) mass is 368 g/mol. The summed E-state index contributed by atoms with van der Waals surface area (Å²) in [6.07, 6.45) is 1.23. The summed E-state index contributed by atoms with van der Waals surface area (Å²) < 4.78 is 10.8. The zero-order valence-corrected chi connectivity index (χ0v) is 16.8. The van der Waals surface area contributed by atoms with Gasteiger partial charge in [0.25, 0.3) is 0 Å². The van der Waals surface area contributed by atoms with Gasteiger partial charge in [0.15, 0.2) is 0 Å². The number of nitrogens with zero attached hydrogens (tertiary/aromatic N) is 1. The number of ether oxygens (including phenoxy) is 1. The van der Waals surface area contributed by atoms with Gasteiger partial charge in [-0.25, -0.2) is 9.78 Å². The van der Waals surface area contributed by atoms with Crippen LogP contribution in [0.15, 0.2) is 18.3 Å². The Bertz CT molecular complexity index is 588. The largest absolute Gasteiger partial charge is 0.444 e. The normalized spacial score (nSPS) is 12.5. The van der Waals surface area contributed by atoms with Crippen molar-refractivity contribution in [1.29, 1.82) is 0 Å². The van der Waals surface area contributed by atoms with Crippen molar-refractivity contribution in [3.05, 3.63) is 18.3 Å². The van der Waals surface area contributed by atoms with Crippen LogP contribution in [-0.4, -0.2) is 53.6 Å². The molecule has 1 aromatic rings. The Labute approximate surface area is 160 Å². The molecule has 1 heterocycles. The molecule has 0 spiro atoms. The van der Waals surface area contributed by atoms with Gasteiger partial charge in [0, 0.05) is 22.1 Å². The molecule has 0 aliphatic heterocycles. The summed E-state index contributed by atoms with van der Waals surface area (Å²) in [5, 5.41) is 15.9. The fourth-order valence-electron chi connectivity index (χ4n) is 1.61. The Balaban J connectivity index is 0. The molecule has 0 saturated carbocycles. The first-order valence-electron chi connectivity index (χ1n) is 8.70. The van der Waals surface area contributed by atoms with Gasteiger partial charge in [-0.15, -0.1) is 0 Å². The number of nitrogens with one attached hydrogen (secondary N) is 2. The van der Waals surface area contributed by atoms with Crippen molar-refractivity contribution >= 4 is 24.9 Å². The maximum absolute atomic E-state index is 11.5. The highest BCUT2D eigenvalue weighted by molar-refractivity contribution is 6.46. The van der Waals surface area contributed by atoms with E-state index in [0.717, 1.165) is 5.46 Å². The van der Waals surface area contributed by atoms with E-state index >= 15 is 0 Å². The zero-order chi connectivity index (χ0) is 20.0. The number of hydrogen-bond acceptors (Lipinski definition) is 6. The molecule has 149 valence electrons. The first-order chi connectivity index (χ1) is 11.8. The highest BCUT2D eigenvalue weighted by atomic mass is 16.6. The number of anilines is 1. The summed E-state index contributed by atoms with van der Waals surface area (Å²) in [5.41, 5.74) is -1.41. The Kier molecular flexibility index (Phi) is 7.47. The molecule has 0 fully saturated rings. The molecule has 0 bridgehead atoms. The van der Waals surface area contributed by atoms with Crippen LogP contribution in [0.5, 0.6) is 0 Å². The number of aliphatic hydroxyl groups is 1. The van der Waals surface area contributed by atoms with Crippen LogP contribution in [-0.2, 0) is 9.39 Å². The number of carbonyl (C=O) groups is 1. The van der Waals surface area contributed by atoms with Crippen molar-refractivity contribution in [2.24, 2.45) is 0 Å². The maximum atomic E-state index is 11.5. The lowest BCUT2D eigenvalue weighted by Gasteiger charge is -2.37. The smallest absolute Gasteiger partial charge is 0.407 e. The van der Waals surface area contributed by atoms with Gasteiger partial charge in [-0.05, 0) is 60.0 Å². The topological polar surface area (TPSA) is 92.7 Å². The molecule has 0 aliphatic carbocycles. The van der Waals surface area contributed by atoms with Crippen LogP contribution in [0.25, 0.3) is 0 Å². The molecule has 0 aliphatic rings. The lowest BCUT2D eigenvalue weighted by molar-refractivity contribution is -0.0893. The number of carbonyl (C=O) groups excluding carboxylic acids is 1. The second kappa shape index (κ2) is 8.73. The molecule has 1 radical (unpaired) electrons. The van der Waals surface area contributed by atoms with Crippen LogP contribution in [0.4, 0.5) is 10.6 Å². The fraction of sp³-hybridized carbons (Fsp3) is 0.667. The number of hydrogen-bond donors (Lipinski definition) is 3. The summed E-state index contributed by atoms with van der Waals surface area (Å²) in [7, 11) is 1.58. The second-order valence-electron chi connectivity index (χ2n) is 8.14. The SMILES string of the molecule is CC(C)(C)OC(=O)NCCNc1ccc([B]OC(C)(C)C(C)(C)O)cn1.[HH].[HH]. The third kappa shape index (κ3) is 8.06. The van der Waals surface area contributed by atoms with Crippen LogP contribution in [0, 0.1) is 0 Å². The molecule has 26 heavy (non-hydrogen) atoms. The van der Waals surface area contributed by atoms with Gasteiger partial charge in [0.05, 0.1) is 11.2 Å². The highest BCUT2D eigenvalue weighted by Gasteiger charge is 2.35. The van der Waals surface area contributed by atoms with E-state index in [9.17, 15) is 9.90 Å². The van der Waals surface area contributed by atoms with E-state index < -0.39 is 22.9 Å². The number of aromatic nitrogens is 1. The molecular formula is C18H35BN3O4. The van der Waals surface area contributed by atoms with Gasteiger partial charge in [-0.3, -0.25) is 0 Å². The van der Waals surface area contributed by atoms with Crippen LogP contribution < -0.4 is 16.1 Å². The Morgan fingerprint density at radius 3 is 2.35 bits per heavy atom. The molecule has 8 heteroatoms. The van der Waals surface area contributed by atoms with Crippen molar-refractivity contribution < 1.29 is 22.1 Å². The van der Waals surface area contributed by atoms with Crippen molar-refractivity contribution in [2.75, 3.05) is 18.4 Å². The molecule has 0 aromatic carbocycles. The summed E-state index contributed by atoms with van der Waals surface area (Å²) in [5.74, 6) is 0.690. The van der Waals surface area contributed by atoms with Gasteiger partial charge in [-0.1, -0.05) is 6.07 Å². The highest BCUT2D eigenvalue weighted by Crippen LogP contribution is 2.24. The van der Waals surface area contributed by atoms with E-state index in [4.69, 9.17) is 9.39 Å². The fourth-order valence-corrected chi connectivity index (χ4v) is 1.61. The standard InChI is InChI=1S/C18H31BN3O4.2H2/c1-16(2,3)25-15(23)21-11-10-20-14-9-8-13(12-22-14)19-26-18(6,7)17(4,5)24;;/h8-9,12,24H,10-11H2,1-7H3,(H,20,22)(H,21,23);2*1H. The summed E-state index contributed by atoms with van der Waals surface area (Å²) >= 11 is 0. The average Bonchev–Trinajstić information content (AvgIpc) is 2.48. The van der Waals surface area contributed by atoms with E-state index in [0.29, 0.717) is 18.9 Å². The van der Waals surface area contributed by atoms with E-state index in [-0.39, 0.29) is 2.85 Å². The van der Waals surface area contributed by atoms with E-state index in [1.54, 1.807) is 27.5 Å². The summed E-state index contributed by atoms with van der Waals surface area (Å²) in [6, 6.07) is 3.68. The molecule has 1 aromatic heterocycles. The Morgan fingerprint density at radius 2 is 1.85 bits per heavy atom. The zero-order valence-electron chi connectivity index (χ0n) is 16.8. The predicted octanol–water partition coefficient (Wildman–Crippen LogP) is 2.32. The molecule has 1 rings (SSSR count). The number of alkyl carbamates (subject to hydrolysis) is 1. The van der Waals surface area contributed by atoms with Crippen molar-refractivity contribution in [2.45, 2.75) is 65.3 Å². The van der Waals surface area contributed by atoms with Gasteiger partial charge in [0.2, 0.25) is 0 Å². The first kappa shape index (κ1) is 22.2. The maximum Gasteiger partial charge on any atom is 0.407 e. The third-order valence-corrected chi connectivity index (χ3v) is 3.85. The van der Waals surface area contributed by atoms with Gasteiger partial charge in [0.1, 0.15) is 11.4 Å². The van der Waals surface area contributed by atoms with Crippen molar-refractivity contribution in [3.8, 4) is 0 Å². The van der Waals surface area contributed by atoms with Crippen LogP contribution in [0.1, 0.15) is 51.3 Å². The van der Waals surface area contributed by atoms with Crippen LogP contribution in [0.2, 0.25) is 0 Å². The summed E-state index contributed by atoms with van der Waals surface area (Å²) in [4.78, 5) is 15.8. The number of pyridine rings is 1. The molecule has 0 saturated heterocycles. The van der Waals surface area contributed by atoms with Crippen molar-refractivity contribution in [3.63, 3.8) is 0 Å². The van der Waals surface area contributed by atoms with E-state index in [1.807, 2.05) is 46.8 Å². The minimum Gasteiger partial charge on any atom is -0.444 e. The number of amides is 1. The minimum absolute atomic E-state index is 0. The number of rotatable bonds is 8. The third-order valence-electron chi connectivity index (χ3n) is 3.85. The minimum atomic E-state index is -0.973. The Hall–Kier alpha value is -1.80. The van der Waals surface area contributed by atoms with Gasteiger partial charge >= 0.3 is 13.6 Å². The second-order valence-corrected chi connectivity index (χ2v) is 8.14. The van der Waals surface area contributed by atoms with Crippen molar-refractivity contribution in [1.82, 2.24) is 10.3 Å². The van der Waals surface area contributed by atoms with Crippen LogP contribution >= 0.6 is 0 Å². The molecular weight excluding hydrogens is 333 g/mol. The first-order valence-corrected chi connectivity index (χ1v) is 8.70. The quantitative estimate of drug-likeness (QED) is 0.482. The molecule has 3 N–H and O–H groups in total. The average molecular weight is 368 g/mol. The van der Waals surface area contributed by atoms with Gasteiger partial charge < -0.3 is 25.1 Å². The molecule has 7 nitrogen and oxygen atoms in total. The predicted molar refractivity (Wildman–Crippen MR) is 108 cm³/mol. The summed E-state index contributed by atoms with van der Waals surface area (Å²) in [6.45, 7) is 13.5. The molecule has 1 amide bonds. The molecule has 0 unspecified atom stereocenters.